The fraction of sp³-hybridized carbons (Fsp3) is 0.130. The van der Waals surface area contributed by atoms with Crippen molar-refractivity contribution in [3.8, 4) is 17.6 Å². The highest BCUT2D eigenvalue weighted by Crippen LogP contribution is 2.24. The van der Waals surface area contributed by atoms with Crippen LogP contribution in [0.25, 0.3) is 0 Å². The Kier molecular flexibility index (Phi) is 6.72. The van der Waals surface area contributed by atoms with Crippen LogP contribution in [0.2, 0.25) is 0 Å². The van der Waals surface area contributed by atoms with Crippen LogP contribution >= 0.6 is 11.8 Å². The number of hydrogen-bond acceptors (Lipinski definition) is 4. The van der Waals surface area contributed by atoms with Crippen molar-refractivity contribution in [1.82, 2.24) is 0 Å². The lowest BCUT2D eigenvalue weighted by molar-refractivity contribution is -0.115. The number of nitriles is 1. The molecule has 1 N–H and O–H groups in total. The van der Waals surface area contributed by atoms with E-state index in [0.29, 0.717) is 17.1 Å². The van der Waals surface area contributed by atoms with Gasteiger partial charge >= 0.3 is 0 Å². The van der Waals surface area contributed by atoms with Gasteiger partial charge < -0.3 is 10.1 Å². The maximum atomic E-state index is 12.4. The summed E-state index contributed by atoms with van der Waals surface area (Å²) in [6, 6.07) is 26.4. The van der Waals surface area contributed by atoms with Gasteiger partial charge in [-0.15, -0.1) is 11.8 Å². The maximum absolute atomic E-state index is 12.4. The smallest absolute Gasteiger partial charge is 0.237 e. The number of rotatable bonds is 7. The monoisotopic (exact) mass is 388 g/mol. The van der Waals surface area contributed by atoms with E-state index in [2.05, 4.69) is 11.4 Å². The summed E-state index contributed by atoms with van der Waals surface area (Å²) in [6.07, 6.45) is 0. The zero-order valence-electron chi connectivity index (χ0n) is 15.5. The molecule has 0 radical (unpaired) electrons. The standard InChI is InChI=1S/C23H20N2O2S/c1-17(28-16-19-9-7-18(15-24)8-10-19)23(26)25-20-11-13-22(14-12-20)27-21-5-3-2-4-6-21/h2-14,17H,16H2,1H3,(H,25,26). The summed E-state index contributed by atoms with van der Waals surface area (Å²) in [5.74, 6) is 2.15. The molecule has 3 rings (SSSR count). The summed E-state index contributed by atoms with van der Waals surface area (Å²) < 4.78 is 5.75. The van der Waals surface area contributed by atoms with Crippen molar-refractivity contribution in [3.05, 3.63) is 90.0 Å². The lowest BCUT2D eigenvalue weighted by atomic mass is 10.2. The molecular weight excluding hydrogens is 368 g/mol. The van der Waals surface area contributed by atoms with Gasteiger partial charge in [0.2, 0.25) is 5.91 Å². The highest BCUT2D eigenvalue weighted by Gasteiger charge is 2.14. The second-order valence-electron chi connectivity index (χ2n) is 6.19. The summed E-state index contributed by atoms with van der Waals surface area (Å²) >= 11 is 1.56. The molecule has 4 nitrogen and oxygen atoms in total. The second kappa shape index (κ2) is 9.63. The van der Waals surface area contributed by atoms with E-state index in [1.165, 1.54) is 0 Å². The van der Waals surface area contributed by atoms with E-state index in [-0.39, 0.29) is 11.2 Å². The largest absolute Gasteiger partial charge is 0.457 e. The fourth-order valence-electron chi connectivity index (χ4n) is 2.45. The molecule has 5 heteroatoms. The Balaban J connectivity index is 1.49. The van der Waals surface area contributed by atoms with E-state index < -0.39 is 0 Å². The first kappa shape index (κ1) is 19.5. The maximum Gasteiger partial charge on any atom is 0.237 e. The molecule has 1 amide bonds. The van der Waals surface area contributed by atoms with Crippen LogP contribution in [-0.4, -0.2) is 11.2 Å². The second-order valence-corrected chi connectivity index (χ2v) is 7.52. The van der Waals surface area contributed by atoms with Crippen molar-refractivity contribution < 1.29 is 9.53 Å². The first-order valence-electron chi connectivity index (χ1n) is 8.88. The molecule has 0 fully saturated rings. The van der Waals surface area contributed by atoms with Crippen molar-refractivity contribution in [3.63, 3.8) is 0 Å². The average molecular weight is 388 g/mol. The van der Waals surface area contributed by atoms with E-state index in [1.807, 2.05) is 73.7 Å². The van der Waals surface area contributed by atoms with Gasteiger partial charge in [-0.1, -0.05) is 30.3 Å². The van der Waals surface area contributed by atoms with E-state index in [0.717, 1.165) is 17.0 Å². The third kappa shape index (κ3) is 5.63. The Labute approximate surface area is 169 Å². The van der Waals surface area contributed by atoms with E-state index >= 15 is 0 Å². The molecule has 0 aromatic heterocycles. The first-order valence-corrected chi connectivity index (χ1v) is 9.93. The van der Waals surface area contributed by atoms with Gasteiger partial charge in [-0.05, 0) is 61.0 Å². The van der Waals surface area contributed by atoms with Crippen LogP contribution < -0.4 is 10.1 Å². The molecule has 3 aromatic carbocycles. The third-order valence-electron chi connectivity index (χ3n) is 4.05. The zero-order valence-corrected chi connectivity index (χ0v) is 16.3. The van der Waals surface area contributed by atoms with Crippen molar-refractivity contribution >= 4 is 23.4 Å². The number of anilines is 1. The van der Waals surface area contributed by atoms with E-state index in [1.54, 1.807) is 23.9 Å². The molecule has 0 heterocycles. The quantitative estimate of drug-likeness (QED) is 0.571. The Morgan fingerprint density at radius 1 is 1.00 bits per heavy atom. The number of amides is 1. The highest BCUT2D eigenvalue weighted by molar-refractivity contribution is 7.99. The van der Waals surface area contributed by atoms with Gasteiger partial charge in [0.15, 0.2) is 0 Å². The minimum Gasteiger partial charge on any atom is -0.457 e. The lowest BCUT2D eigenvalue weighted by Crippen LogP contribution is -2.22. The number of carbonyl (C=O) groups excluding carboxylic acids is 1. The van der Waals surface area contributed by atoms with E-state index in [4.69, 9.17) is 10.00 Å². The predicted octanol–water partition coefficient (Wildman–Crippen LogP) is 5.61. The van der Waals surface area contributed by atoms with Crippen LogP contribution in [0.4, 0.5) is 5.69 Å². The molecule has 140 valence electrons. The molecule has 0 saturated heterocycles. The van der Waals surface area contributed by atoms with Gasteiger partial charge in [0.25, 0.3) is 0 Å². The van der Waals surface area contributed by atoms with Gasteiger partial charge in [-0.3, -0.25) is 4.79 Å². The van der Waals surface area contributed by atoms with Crippen LogP contribution in [0.1, 0.15) is 18.1 Å². The Hall–Kier alpha value is -3.23. The summed E-state index contributed by atoms with van der Waals surface area (Å²) in [4.78, 5) is 12.4. The van der Waals surface area contributed by atoms with Crippen LogP contribution in [0, 0.1) is 11.3 Å². The van der Waals surface area contributed by atoms with Crippen molar-refractivity contribution in [2.45, 2.75) is 17.9 Å². The summed E-state index contributed by atoms with van der Waals surface area (Å²) in [5, 5.41) is 11.6. The van der Waals surface area contributed by atoms with Gasteiger partial charge in [-0.2, -0.15) is 5.26 Å². The minimum absolute atomic E-state index is 0.0460. The Morgan fingerprint density at radius 2 is 1.64 bits per heavy atom. The molecule has 0 saturated carbocycles. The predicted molar refractivity (Wildman–Crippen MR) is 114 cm³/mol. The zero-order chi connectivity index (χ0) is 19.8. The molecule has 0 aliphatic carbocycles. The number of carbonyl (C=O) groups is 1. The number of para-hydroxylation sites is 1. The molecule has 1 unspecified atom stereocenters. The van der Waals surface area contributed by atoms with Crippen LogP contribution in [0.5, 0.6) is 11.5 Å². The van der Waals surface area contributed by atoms with Crippen molar-refractivity contribution in [2.24, 2.45) is 0 Å². The molecule has 1 atom stereocenters. The number of nitrogens with zero attached hydrogens (tertiary/aromatic N) is 1. The van der Waals surface area contributed by atoms with Gasteiger partial charge in [0.1, 0.15) is 11.5 Å². The van der Waals surface area contributed by atoms with Crippen molar-refractivity contribution in [1.29, 1.82) is 5.26 Å². The number of benzene rings is 3. The van der Waals surface area contributed by atoms with Gasteiger partial charge in [-0.25, -0.2) is 0 Å². The van der Waals surface area contributed by atoms with Crippen LogP contribution in [-0.2, 0) is 10.5 Å². The molecule has 3 aromatic rings. The highest BCUT2D eigenvalue weighted by atomic mass is 32.2. The summed E-state index contributed by atoms with van der Waals surface area (Å²) in [6.45, 7) is 1.89. The molecule has 0 aliphatic heterocycles. The SMILES string of the molecule is CC(SCc1ccc(C#N)cc1)C(=O)Nc1ccc(Oc2ccccc2)cc1. The molecular formula is C23H20N2O2S. The topological polar surface area (TPSA) is 62.1 Å². The van der Waals surface area contributed by atoms with Gasteiger partial charge in [0, 0.05) is 11.4 Å². The molecule has 0 aliphatic rings. The Morgan fingerprint density at radius 3 is 2.29 bits per heavy atom. The number of hydrogen-bond donors (Lipinski definition) is 1. The first-order chi connectivity index (χ1) is 13.6. The minimum atomic E-state index is -0.198. The van der Waals surface area contributed by atoms with Crippen LogP contribution in [0.15, 0.2) is 78.9 Å². The summed E-state index contributed by atoms with van der Waals surface area (Å²) in [7, 11) is 0. The third-order valence-corrected chi connectivity index (χ3v) is 5.27. The molecule has 0 spiro atoms. The Bertz CT molecular complexity index is 949. The number of ether oxygens (including phenoxy) is 1. The van der Waals surface area contributed by atoms with Crippen molar-refractivity contribution in [2.75, 3.05) is 5.32 Å². The number of nitrogens with one attached hydrogen (secondary N) is 1. The van der Waals surface area contributed by atoms with Gasteiger partial charge in [0.05, 0.1) is 16.9 Å². The summed E-state index contributed by atoms with van der Waals surface area (Å²) in [5.41, 5.74) is 2.46. The number of thioether (sulfide) groups is 1. The van der Waals surface area contributed by atoms with Crippen LogP contribution in [0.3, 0.4) is 0 Å². The molecule has 0 bridgehead atoms. The molecule has 28 heavy (non-hydrogen) atoms. The fourth-order valence-corrected chi connectivity index (χ4v) is 3.29. The lowest BCUT2D eigenvalue weighted by Gasteiger charge is -2.13. The van der Waals surface area contributed by atoms with E-state index in [9.17, 15) is 4.79 Å². The normalized spacial score (nSPS) is 11.3. The average Bonchev–Trinajstić information content (AvgIpc) is 2.74.